The summed E-state index contributed by atoms with van der Waals surface area (Å²) in [4.78, 5) is 37.2. The Morgan fingerprint density at radius 2 is 1.88 bits per heavy atom. The van der Waals surface area contributed by atoms with E-state index in [9.17, 15) is 18.0 Å². The molecule has 2 heterocycles. The third-order valence-electron chi connectivity index (χ3n) is 4.57. The smallest absolute Gasteiger partial charge is 0.350 e. The van der Waals surface area contributed by atoms with Crippen LogP contribution in [0.2, 0.25) is 5.02 Å². The Morgan fingerprint density at radius 3 is 2.56 bits per heavy atom. The first-order chi connectivity index (χ1) is 16.0. The molecule has 0 saturated carbocycles. The number of esters is 1. The van der Waals surface area contributed by atoms with Crippen molar-refractivity contribution < 1.29 is 22.7 Å². The van der Waals surface area contributed by atoms with Gasteiger partial charge in [0.2, 0.25) is 15.0 Å². The van der Waals surface area contributed by atoms with Crippen LogP contribution in [0.25, 0.3) is 0 Å². The zero-order valence-electron chi connectivity index (χ0n) is 19.0. The Labute approximate surface area is 206 Å². The van der Waals surface area contributed by atoms with E-state index in [-0.39, 0.29) is 39.0 Å². The van der Waals surface area contributed by atoms with Crippen LogP contribution in [0.3, 0.4) is 0 Å². The number of carbonyl (C=O) groups excluding carboxylic acids is 2. The van der Waals surface area contributed by atoms with Crippen molar-refractivity contribution >= 4 is 49.8 Å². The van der Waals surface area contributed by atoms with Crippen LogP contribution in [0.1, 0.15) is 50.8 Å². The van der Waals surface area contributed by atoms with E-state index in [4.69, 9.17) is 16.3 Å². The SMILES string of the molecule is Cc1ccccc1CS(=O)(=O)c1ncc(Cl)c(C(=O)Nc2nc(C)c(C(=O)OCC(C)C)s2)n1. The van der Waals surface area contributed by atoms with Gasteiger partial charge >= 0.3 is 5.97 Å². The van der Waals surface area contributed by atoms with E-state index in [1.165, 1.54) is 0 Å². The highest BCUT2D eigenvalue weighted by Crippen LogP contribution is 2.25. The van der Waals surface area contributed by atoms with Gasteiger partial charge in [-0.2, -0.15) is 0 Å². The molecule has 0 aliphatic heterocycles. The number of aryl methyl sites for hydroxylation is 2. The van der Waals surface area contributed by atoms with Crippen molar-refractivity contribution in [3.63, 3.8) is 0 Å². The van der Waals surface area contributed by atoms with Crippen LogP contribution in [0, 0.1) is 19.8 Å². The van der Waals surface area contributed by atoms with Gasteiger partial charge in [0.1, 0.15) is 4.88 Å². The minimum absolute atomic E-state index is 0.123. The lowest BCUT2D eigenvalue weighted by Gasteiger charge is -2.08. The Bertz CT molecular complexity index is 1340. The molecular formula is C22H23ClN4O5S2. The number of amides is 1. The van der Waals surface area contributed by atoms with Crippen molar-refractivity contribution in [3.05, 3.63) is 62.9 Å². The second kappa shape index (κ2) is 10.6. The summed E-state index contributed by atoms with van der Waals surface area (Å²) in [7, 11) is -3.94. The average Bonchev–Trinajstić information content (AvgIpc) is 3.13. The number of rotatable bonds is 8. The van der Waals surface area contributed by atoms with Gasteiger partial charge in [-0.05, 0) is 30.9 Å². The number of nitrogens with one attached hydrogen (secondary N) is 1. The van der Waals surface area contributed by atoms with E-state index in [1.54, 1.807) is 32.0 Å². The molecule has 180 valence electrons. The molecule has 0 radical (unpaired) electrons. The summed E-state index contributed by atoms with van der Waals surface area (Å²) < 4.78 is 31.0. The third kappa shape index (κ3) is 6.16. The number of thiazole rings is 1. The Balaban J connectivity index is 1.81. The van der Waals surface area contributed by atoms with Gasteiger partial charge in [-0.15, -0.1) is 0 Å². The fourth-order valence-electron chi connectivity index (χ4n) is 2.80. The lowest BCUT2D eigenvalue weighted by atomic mass is 10.1. The molecule has 3 aromatic rings. The molecule has 0 bridgehead atoms. The summed E-state index contributed by atoms with van der Waals surface area (Å²) in [6.45, 7) is 7.51. The third-order valence-corrected chi connectivity index (χ3v) is 7.35. The number of benzene rings is 1. The van der Waals surface area contributed by atoms with Crippen molar-refractivity contribution in [1.29, 1.82) is 0 Å². The Hall–Kier alpha value is -2.89. The Kier molecular flexibility index (Phi) is 8.01. The van der Waals surface area contributed by atoms with E-state index in [0.717, 1.165) is 23.1 Å². The minimum Gasteiger partial charge on any atom is -0.461 e. The van der Waals surface area contributed by atoms with Crippen LogP contribution in [-0.4, -0.2) is 41.9 Å². The van der Waals surface area contributed by atoms with E-state index >= 15 is 0 Å². The van der Waals surface area contributed by atoms with E-state index in [2.05, 4.69) is 20.3 Å². The molecule has 3 rings (SSSR count). The van der Waals surface area contributed by atoms with Crippen molar-refractivity contribution in [2.24, 2.45) is 5.92 Å². The summed E-state index contributed by atoms with van der Waals surface area (Å²) in [5.74, 6) is -1.47. The summed E-state index contributed by atoms with van der Waals surface area (Å²) >= 11 is 7.02. The maximum atomic E-state index is 12.9. The number of hydrogen-bond donors (Lipinski definition) is 1. The molecular weight excluding hydrogens is 500 g/mol. The van der Waals surface area contributed by atoms with E-state index < -0.39 is 26.9 Å². The van der Waals surface area contributed by atoms with Gasteiger partial charge in [-0.3, -0.25) is 10.1 Å². The van der Waals surface area contributed by atoms with Gasteiger partial charge < -0.3 is 4.74 Å². The lowest BCUT2D eigenvalue weighted by molar-refractivity contribution is 0.0463. The molecule has 2 aromatic heterocycles. The molecule has 0 spiro atoms. The zero-order valence-corrected chi connectivity index (χ0v) is 21.3. The molecule has 9 nitrogen and oxygen atoms in total. The molecule has 0 unspecified atom stereocenters. The summed E-state index contributed by atoms with van der Waals surface area (Å²) in [5, 5.41) is 1.99. The van der Waals surface area contributed by atoms with Crippen LogP contribution in [0.15, 0.2) is 35.6 Å². The molecule has 34 heavy (non-hydrogen) atoms. The molecule has 1 amide bonds. The number of aromatic nitrogens is 3. The predicted octanol–water partition coefficient (Wildman–Crippen LogP) is 4.24. The number of carbonyl (C=O) groups is 2. The molecule has 1 aromatic carbocycles. The molecule has 0 aliphatic carbocycles. The topological polar surface area (TPSA) is 128 Å². The first-order valence-corrected chi connectivity index (χ1v) is 13.1. The van der Waals surface area contributed by atoms with Crippen LogP contribution in [-0.2, 0) is 20.3 Å². The first-order valence-electron chi connectivity index (χ1n) is 10.2. The minimum atomic E-state index is -3.94. The standard InChI is InChI=1S/C22H23ClN4O5S2/c1-12(2)10-32-20(29)18-14(4)25-21(33-18)27-19(28)17-16(23)9-24-22(26-17)34(30,31)11-15-8-6-5-7-13(15)3/h5-9,12H,10-11H2,1-4H3,(H,25,27,28). The highest BCUT2D eigenvalue weighted by Gasteiger charge is 2.25. The highest BCUT2D eigenvalue weighted by molar-refractivity contribution is 7.90. The van der Waals surface area contributed by atoms with Crippen molar-refractivity contribution in [1.82, 2.24) is 15.0 Å². The molecule has 0 aliphatic rings. The summed E-state index contributed by atoms with van der Waals surface area (Å²) in [6, 6.07) is 7.05. The van der Waals surface area contributed by atoms with Crippen molar-refractivity contribution in [3.8, 4) is 0 Å². The van der Waals surface area contributed by atoms with Gasteiger partial charge in [0.15, 0.2) is 10.8 Å². The fraction of sp³-hybridized carbons (Fsp3) is 0.318. The van der Waals surface area contributed by atoms with Crippen LogP contribution < -0.4 is 5.32 Å². The quantitative estimate of drug-likeness (QED) is 0.343. The molecule has 0 saturated heterocycles. The van der Waals surface area contributed by atoms with Crippen LogP contribution in [0.4, 0.5) is 5.13 Å². The van der Waals surface area contributed by atoms with Crippen molar-refractivity contribution in [2.45, 2.75) is 38.6 Å². The fourth-order valence-corrected chi connectivity index (χ4v) is 5.14. The lowest BCUT2D eigenvalue weighted by Crippen LogP contribution is -2.18. The first kappa shape index (κ1) is 25.7. The van der Waals surface area contributed by atoms with Gasteiger partial charge in [-0.1, -0.05) is 61.1 Å². The van der Waals surface area contributed by atoms with Gasteiger partial charge in [0.25, 0.3) is 5.91 Å². The summed E-state index contributed by atoms with van der Waals surface area (Å²) in [5.41, 5.74) is 1.48. The summed E-state index contributed by atoms with van der Waals surface area (Å²) in [6.07, 6.45) is 1.07. The van der Waals surface area contributed by atoms with E-state index in [0.29, 0.717) is 11.3 Å². The average molecular weight is 523 g/mol. The van der Waals surface area contributed by atoms with Crippen LogP contribution in [0.5, 0.6) is 0 Å². The number of ether oxygens (including phenoxy) is 1. The van der Waals surface area contributed by atoms with Gasteiger partial charge in [-0.25, -0.2) is 28.2 Å². The van der Waals surface area contributed by atoms with Gasteiger partial charge in [0.05, 0.1) is 29.3 Å². The molecule has 0 atom stereocenters. The molecule has 1 N–H and O–H groups in total. The molecule has 12 heteroatoms. The second-order valence-corrected chi connectivity index (χ2v) is 11.2. The van der Waals surface area contributed by atoms with Crippen LogP contribution >= 0.6 is 22.9 Å². The zero-order chi connectivity index (χ0) is 25.0. The monoisotopic (exact) mass is 522 g/mol. The van der Waals surface area contributed by atoms with Crippen molar-refractivity contribution in [2.75, 3.05) is 11.9 Å². The highest BCUT2D eigenvalue weighted by atomic mass is 35.5. The number of sulfone groups is 1. The van der Waals surface area contributed by atoms with E-state index in [1.807, 2.05) is 19.9 Å². The number of halogens is 1. The number of nitrogens with zero attached hydrogens (tertiary/aromatic N) is 3. The normalized spacial score (nSPS) is 11.5. The Morgan fingerprint density at radius 1 is 1.18 bits per heavy atom. The second-order valence-electron chi connectivity index (χ2n) is 7.91. The maximum Gasteiger partial charge on any atom is 0.350 e. The maximum absolute atomic E-state index is 12.9. The largest absolute Gasteiger partial charge is 0.461 e. The van der Waals surface area contributed by atoms with Gasteiger partial charge in [0, 0.05) is 0 Å². The molecule has 0 fully saturated rings. The number of hydrogen-bond acceptors (Lipinski definition) is 9. The predicted molar refractivity (Wildman–Crippen MR) is 129 cm³/mol. The number of anilines is 1.